The van der Waals surface area contributed by atoms with Crippen molar-refractivity contribution in [3.05, 3.63) is 101 Å². The molecule has 34 heavy (non-hydrogen) atoms. The van der Waals surface area contributed by atoms with E-state index in [4.69, 9.17) is 9.47 Å². The van der Waals surface area contributed by atoms with Crippen LogP contribution < -0.4 is 9.47 Å². The Kier molecular flexibility index (Phi) is 6.04. The molecule has 172 valence electrons. The third kappa shape index (κ3) is 3.92. The number of nitrogens with zero attached hydrogens (tertiary/aromatic N) is 2. The van der Waals surface area contributed by atoms with Gasteiger partial charge in [0, 0.05) is 17.7 Å². The Bertz CT molecular complexity index is 1290. The van der Waals surface area contributed by atoms with Gasteiger partial charge in [0.2, 0.25) is 0 Å². The van der Waals surface area contributed by atoms with Gasteiger partial charge in [0.25, 0.3) is 5.91 Å². The number of fused-ring (bicyclic) bond motifs is 1. The van der Waals surface area contributed by atoms with Crippen LogP contribution in [0.5, 0.6) is 11.5 Å². The summed E-state index contributed by atoms with van der Waals surface area (Å²) in [5.41, 5.74) is 5.18. The van der Waals surface area contributed by atoms with Gasteiger partial charge in [-0.2, -0.15) is 5.10 Å². The molecule has 5 rings (SSSR count). The van der Waals surface area contributed by atoms with Gasteiger partial charge in [-0.1, -0.05) is 73.7 Å². The number of benzene rings is 3. The van der Waals surface area contributed by atoms with Gasteiger partial charge in [0.15, 0.2) is 11.5 Å². The number of rotatable bonds is 8. The van der Waals surface area contributed by atoms with Crippen LogP contribution in [-0.4, -0.2) is 34.7 Å². The third-order valence-electron chi connectivity index (χ3n) is 6.07. The van der Waals surface area contributed by atoms with Crippen LogP contribution in [0.4, 0.5) is 0 Å². The Morgan fingerprint density at radius 2 is 1.71 bits per heavy atom. The third-order valence-corrected chi connectivity index (χ3v) is 6.07. The van der Waals surface area contributed by atoms with Crippen LogP contribution in [0.3, 0.4) is 0 Å². The highest BCUT2D eigenvalue weighted by Crippen LogP contribution is 2.45. The van der Waals surface area contributed by atoms with Crippen LogP contribution in [0, 0.1) is 0 Å². The number of methoxy groups -OCH3 is 1. The molecule has 1 unspecified atom stereocenters. The molecule has 1 N–H and O–H groups in total. The van der Waals surface area contributed by atoms with Crippen molar-refractivity contribution < 1.29 is 14.3 Å². The van der Waals surface area contributed by atoms with E-state index >= 15 is 0 Å². The largest absolute Gasteiger partial charge is 0.493 e. The van der Waals surface area contributed by atoms with Crippen molar-refractivity contribution in [3.8, 4) is 22.8 Å². The minimum Gasteiger partial charge on any atom is -0.493 e. The number of carbonyl (C=O) groups is 1. The van der Waals surface area contributed by atoms with Gasteiger partial charge < -0.3 is 14.4 Å². The summed E-state index contributed by atoms with van der Waals surface area (Å²) in [6.45, 7) is 3.16. The van der Waals surface area contributed by atoms with E-state index < -0.39 is 0 Å². The quantitative estimate of drug-likeness (QED) is 0.376. The summed E-state index contributed by atoms with van der Waals surface area (Å²) < 4.78 is 11.5. The van der Waals surface area contributed by atoms with Gasteiger partial charge in [-0.3, -0.25) is 9.89 Å². The number of H-pyrrole nitrogens is 1. The average Bonchev–Trinajstić information content (AvgIpc) is 3.43. The van der Waals surface area contributed by atoms with E-state index in [1.165, 1.54) is 0 Å². The lowest BCUT2D eigenvalue weighted by atomic mass is 9.95. The van der Waals surface area contributed by atoms with Gasteiger partial charge in [-0.25, -0.2) is 0 Å². The number of amides is 1. The summed E-state index contributed by atoms with van der Waals surface area (Å²) in [7, 11) is 1.64. The fourth-order valence-corrected chi connectivity index (χ4v) is 4.49. The lowest BCUT2D eigenvalue weighted by Crippen LogP contribution is -2.29. The minimum absolute atomic E-state index is 0.0659. The predicted octanol–water partition coefficient (Wildman–Crippen LogP) is 5.62. The topological polar surface area (TPSA) is 67.5 Å². The van der Waals surface area contributed by atoms with Gasteiger partial charge in [0.05, 0.1) is 25.5 Å². The van der Waals surface area contributed by atoms with Crippen molar-refractivity contribution in [2.24, 2.45) is 0 Å². The van der Waals surface area contributed by atoms with Crippen LogP contribution in [0.25, 0.3) is 11.3 Å². The first-order chi connectivity index (χ1) is 16.7. The lowest BCUT2D eigenvalue weighted by molar-refractivity contribution is 0.0730. The molecule has 0 fully saturated rings. The Labute approximate surface area is 199 Å². The van der Waals surface area contributed by atoms with Crippen LogP contribution in [0.2, 0.25) is 0 Å². The molecule has 1 amide bonds. The zero-order valence-electron chi connectivity index (χ0n) is 19.3. The first-order valence-electron chi connectivity index (χ1n) is 11.5. The van der Waals surface area contributed by atoms with E-state index in [0.29, 0.717) is 30.3 Å². The monoisotopic (exact) mass is 453 g/mol. The number of hydrogen-bond donors (Lipinski definition) is 1. The molecule has 3 aromatic carbocycles. The van der Waals surface area contributed by atoms with E-state index in [1.807, 2.05) is 83.8 Å². The molecule has 1 aliphatic rings. The Balaban J connectivity index is 1.63. The summed E-state index contributed by atoms with van der Waals surface area (Å²) in [5.74, 6) is 1.28. The van der Waals surface area contributed by atoms with Crippen molar-refractivity contribution in [2.45, 2.75) is 25.9 Å². The zero-order chi connectivity index (χ0) is 23.5. The Hall–Kier alpha value is -4.06. The maximum absolute atomic E-state index is 13.6. The molecule has 0 aliphatic carbocycles. The molecule has 0 radical (unpaired) electrons. The molecule has 2 heterocycles. The van der Waals surface area contributed by atoms with Crippen LogP contribution in [-0.2, 0) is 6.54 Å². The standard InChI is InChI=1S/C28H27N3O3/c1-3-16-34-22-15-14-21(17-23(22)33-2)27-24-25(20-12-8-5-9-13-20)29-30-26(24)28(32)31(27)18-19-10-6-4-7-11-19/h4-15,17,27H,3,16,18H2,1-2H3,(H,29,30). The van der Waals surface area contributed by atoms with E-state index in [-0.39, 0.29) is 11.9 Å². The maximum Gasteiger partial charge on any atom is 0.273 e. The van der Waals surface area contributed by atoms with Gasteiger partial charge in [-0.05, 0) is 29.7 Å². The van der Waals surface area contributed by atoms with Crippen LogP contribution >= 0.6 is 0 Å². The number of aromatic nitrogens is 2. The van der Waals surface area contributed by atoms with Crippen molar-refractivity contribution in [2.75, 3.05) is 13.7 Å². The molecule has 0 saturated heterocycles. The van der Waals surface area contributed by atoms with Crippen molar-refractivity contribution in [1.82, 2.24) is 15.1 Å². The summed E-state index contributed by atoms with van der Waals surface area (Å²) in [6.07, 6.45) is 0.908. The number of nitrogens with one attached hydrogen (secondary N) is 1. The number of aromatic amines is 1. The highest BCUT2D eigenvalue weighted by Gasteiger charge is 2.42. The van der Waals surface area contributed by atoms with E-state index in [0.717, 1.165) is 34.4 Å². The summed E-state index contributed by atoms with van der Waals surface area (Å²) in [6, 6.07) is 25.6. The fraction of sp³-hybridized carbons (Fsp3) is 0.214. The fourth-order valence-electron chi connectivity index (χ4n) is 4.49. The molecule has 1 aromatic heterocycles. The smallest absolute Gasteiger partial charge is 0.273 e. The highest BCUT2D eigenvalue weighted by molar-refractivity contribution is 6.00. The Morgan fingerprint density at radius 1 is 0.971 bits per heavy atom. The second-order valence-corrected chi connectivity index (χ2v) is 8.31. The normalized spacial score (nSPS) is 14.8. The molecule has 0 saturated carbocycles. The SMILES string of the molecule is CCCOc1ccc(C2c3c(-c4ccccc4)n[nH]c3C(=O)N2Cc2ccccc2)cc1OC. The van der Waals surface area contributed by atoms with Gasteiger partial charge >= 0.3 is 0 Å². The minimum atomic E-state index is -0.314. The number of hydrogen-bond acceptors (Lipinski definition) is 4. The van der Waals surface area contributed by atoms with E-state index in [9.17, 15) is 4.79 Å². The summed E-state index contributed by atoms with van der Waals surface area (Å²) in [5, 5.41) is 7.57. The molecular formula is C28H27N3O3. The van der Waals surface area contributed by atoms with E-state index in [1.54, 1.807) is 7.11 Å². The highest BCUT2D eigenvalue weighted by atomic mass is 16.5. The number of ether oxygens (including phenoxy) is 2. The predicted molar refractivity (Wildman–Crippen MR) is 131 cm³/mol. The molecule has 1 atom stereocenters. The van der Waals surface area contributed by atoms with Crippen molar-refractivity contribution >= 4 is 5.91 Å². The van der Waals surface area contributed by atoms with Crippen molar-refractivity contribution in [1.29, 1.82) is 0 Å². The summed E-state index contributed by atoms with van der Waals surface area (Å²) in [4.78, 5) is 15.5. The molecule has 4 aromatic rings. The molecular weight excluding hydrogens is 426 g/mol. The lowest BCUT2D eigenvalue weighted by Gasteiger charge is -2.27. The van der Waals surface area contributed by atoms with Crippen LogP contribution in [0.1, 0.15) is 46.6 Å². The summed E-state index contributed by atoms with van der Waals surface area (Å²) >= 11 is 0. The molecule has 6 heteroatoms. The van der Waals surface area contributed by atoms with Crippen molar-refractivity contribution in [3.63, 3.8) is 0 Å². The second-order valence-electron chi connectivity index (χ2n) is 8.31. The van der Waals surface area contributed by atoms with Gasteiger partial charge in [-0.15, -0.1) is 0 Å². The van der Waals surface area contributed by atoms with E-state index in [2.05, 4.69) is 17.1 Å². The Morgan fingerprint density at radius 3 is 2.41 bits per heavy atom. The second kappa shape index (κ2) is 9.43. The molecule has 0 bridgehead atoms. The first kappa shape index (κ1) is 21.8. The maximum atomic E-state index is 13.6. The first-order valence-corrected chi connectivity index (χ1v) is 11.5. The zero-order valence-corrected chi connectivity index (χ0v) is 19.3. The number of carbonyl (C=O) groups excluding carboxylic acids is 1. The molecule has 0 spiro atoms. The average molecular weight is 454 g/mol. The molecule has 1 aliphatic heterocycles. The van der Waals surface area contributed by atoms with Gasteiger partial charge in [0.1, 0.15) is 5.69 Å². The molecule has 6 nitrogen and oxygen atoms in total. The van der Waals surface area contributed by atoms with Crippen LogP contribution in [0.15, 0.2) is 78.9 Å².